The molecule has 0 saturated heterocycles. The topological polar surface area (TPSA) is 33.6 Å². The summed E-state index contributed by atoms with van der Waals surface area (Å²) in [6, 6.07) is 21.1. The minimum atomic E-state index is -0.284. The van der Waals surface area contributed by atoms with Crippen molar-refractivity contribution >= 4 is 23.5 Å². The highest BCUT2D eigenvalue weighted by Gasteiger charge is 2.03. The van der Waals surface area contributed by atoms with Crippen molar-refractivity contribution in [2.45, 2.75) is 6.61 Å². The Hall–Kier alpha value is -2.85. The molecule has 0 atom stereocenters. The van der Waals surface area contributed by atoms with E-state index in [-0.39, 0.29) is 5.82 Å². The molecular formula is C20H16ClFN2O. The van der Waals surface area contributed by atoms with Crippen molar-refractivity contribution in [1.82, 2.24) is 0 Å². The second-order valence-corrected chi connectivity index (χ2v) is 5.70. The van der Waals surface area contributed by atoms with Crippen molar-refractivity contribution in [3.05, 3.63) is 94.8 Å². The molecule has 0 saturated carbocycles. The minimum Gasteiger partial charge on any atom is -0.488 e. The maximum absolute atomic E-state index is 12.9. The van der Waals surface area contributed by atoms with E-state index in [4.69, 9.17) is 16.3 Å². The van der Waals surface area contributed by atoms with Crippen molar-refractivity contribution < 1.29 is 9.13 Å². The van der Waals surface area contributed by atoms with Gasteiger partial charge in [-0.15, -0.1) is 0 Å². The van der Waals surface area contributed by atoms with Gasteiger partial charge >= 0.3 is 0 Å². The minimum absolute atomic E-state index is 0.284. The summed E-state index contributed by atoms with van der Waals surface area (Å²) in [6.07, 6.45) is 1.66. The first-order valence-electron chi connectivity index (χ1n) is 7.72. The molecule has 3 aromatic carbocycles. The summed E-state index contributed by atoms with van der Waals surface area (Å²) in [5.74, 6) is 0.417. The first-order chi connectivity index (χ1) is 12.2. The summed E-state index contributed by atoms with van der Waals surface area (Å²) in [5.41, 5.74) is 5.30. The Morgan fingerprint density at radius 2 is 1.68 bits per heavy atom. The lowest BCUT2D eigenvalue weighted by atomic mass is 10.2. The summed E-state index contributed by atoms with van der Waals surface area (Å²) < 4.78 is 18.8. The number of hydrazone groups is 1. The van der Waals surface area contributed by atoms with Gasteiger partial charge in [-0.25, -0.2) is 4.39 Å². The molecule has 3 rings (SSSR count). The van der Waals surface area contributed by atoms with Crippen LogP contribution in [0.15, 0.2) is 77.9 Å². The molecule has 0 aromatic heterocycles. The van der Waals surface area contributed by atoms with E-state index in [0.717, 1.165) is 11.1 Å². The molecule has 1 N–H and O–H groups in total. The molecule has 0 radical (unpaired) electrons. The van der Waals surface area contributed by atoms with Gasteiger partial charge in [-0.3, -0.25) is 5.43 Å². The van der Waals surface area contributed by atoms with Crippen molar-refractivity contribution in [2.75, 3.05) is 5.43 Å². The number of halogens is 2. The molecule has 0 aliphatic carbocycles. The molecule has 0 amide bonds. The van der Waals surface area contributed by atoms with Crippen LogP contribution in [0.4, 0.5) is 10.1 Å². The number of anilines is 1. The zero-order chi connectivity index (χ0) is 17.5. The quantitative estimate of drug-likeness (QED) is 0.468. The fourth-order valence-corrected chi connectivity index (χ4v) is 2.38. The zero-order valence-electron chi connectivity index (χ0n) is 13.3. The van der Waals surface area contributed by atoms with Crippen molar-refractivity contribution in [1.29, 1.82) is 0 Å². The molecule has 0 unspecified atom stereocenters. The van der Waals surface area contributed by atoms with E-state index < -0.39 is 0 Å². The van der Waals surface area contributed by atoms with E-state index in [9.17, 15) is 4.39 Å². The molecule has 25 heavy (non-hydrogen) atoms. The molecule has 0 heterocycles. The fourth-order valence-electron chi connectivity index (χ4n) is 2.19. The number of nitrogens with zero attached hydrogens (tertiary/aromatic N) is 1. The average molecular weight is 355 g/mol. The highest BCUT2D eigenvalue weighted by Crippen LogP contribution is 2.21. The standard InChI is InChI=1S/C20H16ClFN2O/c21-19-7-3-1-6-16(19)14-25-20-8-4-2-5-15(20)13-23-24-18-11-9-17(22)10-12-18/h1-13,24H,14H2. The Morgan fingerprint density at radius 1 is 0.960 bits per heavy atom. The monoisotopic (exact) mass is 354 g/mol. The zero-order valence-corrected chi connectivity index (χ0v) is 14.1. The average Bonchev–Trinajstić information content (AvgIpc) is 2.64. The van der Waals surface area contributed by atoms with Gasteiger partial charge in [-0.1, -0.05) is 41.9 Å². The first-order valence-corrected chi connectivity index (χ1v) is 8.10. The van der Waals surface area contributed by atoms with E-state index in [1.54, 1.807) is 18.3 Å². The lowest BCUT2D eigenvalue weighted by Gasteiger charge is -2.10. The second-order valence-electron chi connectivity index (χ2n) is 5.29. The maximum atomic E-state index is 12.9. The van der Waals surface area contributed by atoms with Crippen LogP contribution in [0.25, 0.3) is 0 Å². The first kappa shape index (κ1) is 17.0. The molecule has 0 fully saturated rings. The molecular weight excluding hydrogens is 339 g/mol. The number of hydrogen-bond donors (Lipinski definition) is 1. The molecule has 0 aliphatic rings. The number of hydrogen-bond acceptors (Lipinski definition) is 3. The molecule has 3 nitrogen and oxygen atoms in total. The van der Waals surface area contributed by atoms with E-state index in [1.807, 2.05) is 48.5 Å². The Labute approximate surface area is 150 Å². The van der Waals surface area contributed by atoms with Crippen molar-refractivity contribution in [3.8, 4) is 5.75 Å². The number of ether oxygens (including phenoxy) is 1. The van der Waals surface area contributed by atoms with Crippen LogP contribution in [0, 0.1) is 5.82 Å². The van der Waals surface area contributed by atoms with Crippen LogP contribution in [0.2, 0.25) is 5.02 Å². The van der Waals surface area contributed by atoms with Gasteiger partial charge in [-0.05, 0) is 42.5 Å². The van der Waals surface area contributed by atoms with Crippen LogP contribution in [0.5, 0.6) is 5.75 Å². The molecule has 126 valence electrons. The predicted molar refractivity (Wildman–Crippen MR) is 99.8 cm³/mol. The number of rotatable bonds is 6. The lowest BCUT2D eigenvalue weighted by Crippen LogP contribution is -1.99. The van der Waals surface area contributed by atoms with E-state index >= 15 is 0 Å². The van der Waals surface area contributed by atoms with Gasteiger partial charge in [-0.2, -0.15) is 5.10 Å². The number of nitrogens with one attached hydrogen (secondary N) is 1. The molecule has 0 bridgehead atoms. The Kier molecular flexibility index (Phi) is 5.65. The molecule has 0 spiro atoms. The SMILES string of the molecule is Fc1ccc(NN=Cc2ccccc2OCc2ccccc2Cl)cc1. The molecule has 5 heteroatoms. The summed E-state index contributed by atoms with van der Waals surface area (Å²) in [5, 5.41) is 4.84. The van der Waals surface area contributed by atoms with Gasteiger partial charge in [0.25, 0.3) is 0 Å². The van der Waals surface area contributed by atoms with E-state index in [1.165, 1.54) is 12.1 Å². The van der Waals surface area contributed by atoms with Gasteiger partial charge in [0.15, 0.2) is 0 Å². The third-order valence-corrected chi connectivity index (χ3v) is 3.87. The van der Waals surface area contributed by atoms with E-state index in [0.29, 0.717) is 23.1 Å². The highest BCUT2D eigenvalue weighted by atomic mass is 35.5. The van der Waals surface area contributed by atoms with Gasteiger partial charge < -0.3 is 4.74 Å². The smallest absolute Gasteiger partial charge is 0.128 e. The molecule has 3 aromatic rings. The number of benzene rings is 3. The summed E-state index contributed by atoms with van der Waals surface area (Å²) in [4.78, 5) is 0. The van der Waals surface area contributed by atoms with Crippen LogP contribution >= 0.6 is 11.6 Å². The van der Waals surface area contributed by atoms with Crippen LogP contribution in [0.3, 0.4) is 0 Å². The third-order valence-electron chi connectivity index (χ3n) is 3.50. The summed E-state index contributed by atoms with van der Waals surface area (Å²) >= 11 is 6.15. The summed E-state index contributed by atoms with van der Waals surface area (Å²) in [7, 11) is 0. The van der Waals surface area contributed by atoms with Gasteiger partial charge in [0, 0.05) is 16.1 Å². The van der Waals surface area contributed by atoms with Crippen LogP contribution in [0.1, 0.15) is 11.1 Å². The van der Waals surface area contributed by atoms with Crippen molar-refractivity contribution in [2.24, 2.45) is 5.10 Å². The van der Waals surface area contributed by atoms with Crippen LogP contribution in [-0.2, 0) is 6.61 Å². The van der Waals surface area contributed by atoms with Gasteiger partial charge in [0.2, 0.25) is 0 Å². The highest BCUT2D eigenvalue weighted by molar-refractivity contribution is 6.31. The Balaban J connectivity index is 1.67. The maximum Gasteiger partial charge on any atom is 0.128 e. The Morgan fingerprint density at radius 3 is 2.48 bits per heavy atom. The van der Waals surface area contributed by atoms with Gasteiger partial charge in [0.1, 0.15) is 18.2 Å². The second kappa shape index (κ2) is 8.31. The fraction of sp³-hybridized carbons (Fsp3) is 0.0500. The normalized spacial score (nSPS) is 10.8. The van der Waals surface area contributed by atoms with Gasteiger partial charge in [0.05, 0.1) is 11.9 Å². The summed E-state index contributed by atoms with van der Waals surface area (Å²) in [6.45, 7) is 0.371. The predicted octanol–water partition coefficient (Wildman–Crippen LogP) is 5.50. The van der Waals surface area contributed by atoms with E-state index in [2.05, 4.69) is 10.5 Å². The molecule has 0 aliphatic heterocycles. The Bertz CT molecular complexity index is 866. The van der Waals surface area contributed by atoms with Crippen molar-refractivity contribution in [3.63, 3.8) is 0 Å². The number of para-hydroxylation sites is 1. The van der Waals surface area contributed by atoms with Crippen LogP contribution < -0.4 is 10.2 Å². The van der Waals surface area contributed by atoms with Crippen LogP contribution in [-0.4, -0.2) is 6.21 Å². The largest absolute Gasteiger partial charge is 0.488 e. The third kappa shape index (κ3) is 4.81. The lowest BCUT2D eigenvalue weighted by molar-refractivity contribution is 0.306.